The number of benzene rings is 1. The Morgan fingerprint density at radius 1 is 1.29 bits per heavy atom. The first kappa shape index (κ1) is 16.6. The molecule has 7 heteroatoms. The number of hydrogen-bond acceptors (Lipinski definition) is 5. The lowest BCUT2D eigenvalue weighted by Crippen LogP contribution is -2.18. The summed E-state index contributed by atoms with van der Waals surface area (Å²) in [7, 11) is -3.71. The Hall–Kier alpha value is -2.28. The van der Waals surface area contributed by atoms with E-state index in [1.165, 1.54) is 18.3 Å². The van der Waals surface area contributed by atoms with E-state index in [2.05, 4.69) is 16.9 Å². The number of ether oxygens (including phenoxy) is 1. The van der Waals surface area contributed by atoms with E-state index in [4.69, 9.17) is 9.15 Å². The molecule has 0 radical (unpaired) electrons. The van der Waals surface area contributed by atoms with Gasteiger partial charge in [-0.15, -0.1) is 0 Å². The van der Waals surface area contributed by atoms with Gasteiger partial charge in [0.25, 0.3) is 10.0 Å². The maximum atomic E-state index is 12.2. The van der Waals surface area contributed by atoms with Crippen molar-refractivity contribution in [3.63, 3.8) is 0 Å². The summed E-state index contributed by atoms with van der Waals surface area (Å²) in [6, 6.07) is 9.87. The molecule has 2 aromatic rings. The molecule has 0 aliphatic heterocycles. The molecule has 3 rings (SSSR count). The highest BCUT2D eigenvalue weighted by Gasteiger charge is 2.36. The number of hydrogen-bond donors (Lipinski definition) is 1. The molecule has 128 valence electrons. The van der Waals surface area contributed by atoms with Crippen LogP contribution in [0.3, 0.4) is 0 Å². The zero-order valence-corrected chi connectivity index (χ0v) is 14.4. The number of furan rings is 1. The molecule has 1 aliphatic rings. The molecule has 0 spiro atoms. The summed E-state index contributed by atoms with van der Waals surface area (Å²) in [6.07, 6.45) is 2.50. The molecule has 1 fully saturated rings. The zero-order valence-electron chi connectivity index (χ0n) is 13.6. The molecule has 6 nitrogen and oxygen atoms in total. The third-order valence-corrected chi connectivity index (χ3v) is 5.17. The van der Waals surface area contributed by atoms with Crippen LogP contribution in [0.25, 0.3) is 0 Å². The van der Waals surface area contributed by atoms with Gasteiger partial charge in [0.15, 0.2) is 0 Å². The monoisotopic (exact) mass is 348 g/mol. The van der Waals surface area contributed by atoms with Crippen molar-refractivity contribution in [2.24, 2.45) is 11.0 Å². The molecule has 1 aromatic carbocycles. The van der Waals surface area contributed by atoms with Crippen molar-refractivity contribution in [3.05, 3.63) is 47.9 Å². The first-order valence-corrected chi connectivity index (χ1v) is 9.35. The van der Waals surface area contributed by atoms with E-state index in [9.17, 15) is 8.42 Å². The molecule has 24 heavy (non-hydrogen) atoms. The van der Waals surface area contributed by atoms with E-state index in [-0.39, 0.29) is 4.90 Å². The zero-order chi connectivity index (χ0) is 17.2. The average molecular weight is 348 g/mol. The minimum absolute atomic E-state index is 0.120. The summed E-state index contributed by atoms with van der Waals surface area (Å²) in [5.74, 6) is 3.21. The van der Waals surface area contributed by atoms with E-state index in [0.29, 0.717) is 30.0 Å². The molecule has 0 unspecified atom stereocenters. The van der Waals surface area contributed by atoms with Crippen molar-refractivity contribution in [1.82, 2.24) is 4.83 Å². The highest BCUT2D eigenvalue weighted by Crippen LogP contribution is 2.47. The van der Waals surface area contributed by atoms with E-state index in [1.807, 2.05) is 13.0 Å². The fourth-order valence-electron chi connectivity index (χ4n) is 2.45. The van der Waals surface area contributed by atoms with Gasteiger partial charge in [0, 0.05) is 5.92 Å². The van der Waals surface area contributed by atoms with Gasteiger partial charge >= 0.3 is 0 Å². The van der Waals surface area contributed by atoms with E-state index in [0.717, 1.165) is 12.2 Å². The Labute approximate surface area is 141 Å². The number of hydrazone groups is 1. The van der Waals surface area contributed by atoms with Gasteiger partial charge in [-0.25, -0.2) is 0 Å². The smallest absolute Gasteiger partial charge is 0.276 e. The Kier molecular flexibility index (Phi) is 4.62. The van der Waals surface area contributed by atoms with Crippen LogP contribution in [-0.2, 0) is 10.0 Å². The van der Waals surface area contributed by atoms with Crippen LogP contribution in [-0.4, -0.2) is 21.2 Å². The standard InChI is InChI=1S/C17H20N2O4S/c1-3-22-13-4-7-15(8-5-13)24(20,21)19-18-11-14-6-9-17(23-14)16-10-12(16)2/h4-9,11-12,16,19H,3,10H2,1-2H3/b18-11-/t12-,16+/m1/s1. The summed E-state index contributed by atoms with van der Waals surface area (Å²) in [5, 5.41) is 3.77. The fraction of sp³-hybridized carbons (Fsp3) is 0.353. The van der Waals surface area contributed by atoms with Crippen molar-refractivity contribution in [1.29, 1.82) is 0 Å². The van der Waals surface area contributed by atoms with E-state index < -0.39 is 10.0 Å². The van der Waals surface area contributed by atoms with Crippen LogP contribution in [0.1, 0.15) is 37.7 Å². The normalized spacial score (nSPS) is 20.2. The van der Waals surface area contributed by atoms with Crippen LogP contribution < -0.4 is 9.57 Å². The topological polar surface area (TPSA) is 80.9 Å². The summed E-state index contributed by atoms with van der Waals surface area (Å²) in [5.41, 5.74) is 0. The Balaban J connectivity index is 1.62. The molecule has 1 aromatic heterocycles. The van der Waals surface area contributed by atoms with Crippen molar-refractivity contribution in [2.45, 2.75) is 31.1 Å². The number of nitrogens with zero attached hydrogens (tertiary/aromatic N) is 1. The second-order valence-electron chi connectivity index (χ2n) is 5.82. The molecule has 1 heterocycles. The first-order valence-electron chi connectivity index (χ1n) is 7.87. The lowest BCUT2D eigenvalue weighted by atomic mass is 10.3. The minimum atomic E-state index is -3.71. The van der Waals surface area contributed by atoms with Gasteiger partial charge in [-0.2, -0.15) is 18.4 Å². The summed E-state index contributed by atoms with van der Waals surface area (Å²) in [6.45, 7) is 4.57. The van der Waals surface area contributed by atoms with Gasteiger partial charge < -0.3 is 9.15 Å². The SMILES string of the molecule is CCOc1ccc(S(=O)(=O)N/N=C\c2ccc([C@H]3C[C@H]3C)o2)cc1. The maximum Gasteiger partial charge on any atom is 0.276 e. The lowest BCUT2D eigenvalue weighted by Gasteiger charge is -2.05. The minimum Gasteiger partial charge on any atom is -0.494 e. The second-order valence-corrected chi connectivity index (χ2v) is 7.48. The number of sulfonamides is 1. The molecular weight excluding hydrogens is 328 g/mol. The molecule has 2 atom stereocenters. The number of rotatable bonds is 7. The summed E-state index contributed by atoms with van der Waals surface area (Å²) in [4.78, 5) is 2.30. The Bertz CT molecular complexity index is 825. The predicted octanol–water partition coefficient (Wildman–Crippen LogP) is 3.11. The van der Waals surface area contributed by atoms with Crippen LogP contribution >= 0.6 is 0 Å². The van der Waals surface area contributed by atoms with Crippen LogP contribution in [0.15, 0.2) is 50.8 Å². The number of nitrogens with one attached hydrogen (secondary N) is 1. The quantitative estimate of drug-likeness (QED) is 0.616. The molecular formula is C17H20N2O4S. The molecule has 1 N–H and O–H groups in total. The summed E-state index contributed by atoms with van der Waals surface area (Å²) < 4.78 is 35.3. The highest BCUT2D eigenvalue weighted by atomic mass is 32.2. The third-order valence-electron chi connectivity index (χ3n) is 3.93. The van der Waals surface area contributed by atoms with Gasteiger partial charge in [0.1, 0.15) is 17.3 Å². The average Bonchev–Trinajstić information content (AvgIpc) is 3.09. The van der Waals surface area contributed by atoms with Crippen molar-refractivity contribution in [2.75, 3.05) is 6.61 Å². The molecule has 1 aliphatic carbocycles. The third kappa shape index (κ3) is 3.79. The van der Waals surface area contributed by atoms with E-state index >= 15 is 0 Å². The Morgan fingerprint density at radius 2 is 2.00 bits per heavy atom. The first-order chi connectivity index (χ1) is 11.5. The van der Waals surface area contributed by atoms with Crippen molar-refractivity contribution in [3.8, 4) is 5.75 Å². The highest BCUT2D eigenvalue weighted by molar-refractivity contribution is 7.89. The second kappa shape index (κ2) is 6.68. The molecule has 0 saturated heterocycles. The van der Waals surface area contributed by atoms with Gasteiger partial charge in [-0.05, 0) is 55.7 Å². The van der Waals surface area contributed by atoms with E-state index in [1.54, 1.807) is 18.2 Å². The van der Waals surface area contributed by atoms with Gasteiger partial charge in [-0.1, -0.05) is 6.92 Å². The lowest BCUT2D eigenvalue weighted by molar-refractivity contribution is 0.340. The van der Waals surface area contributed by atoms with Crippen LogP contribution in [0, 0.1) is 5.92 Å². The largest absolute Gasteiger partial charge is 0.494 e. The Morgan fingerprint density at radius 3 is 2.62 bits per heavy atom. The van der Waals surface area contributed by atoms with Crippen LogP contribution in [0.5, 0.6) is 5.75 Å². The van der Waals surface area contributed by atoms with Crippen molar-refractivity contribution >= 4 is 16.2 Å². The van der Waals surface area contributed by atoms with Gasteiger partial charge in [0.2, 0.25) is 0 Å². The predicted molar refractivity (Wildman–Crippen MR) is 90.8 cm³/mol. The van der Waals surface area contributed by atoms with Crippen LogP contribution in [0.4, 0.5) is 0 Å². The molecule has 0 amide bonds. The van der Waals surface area contributed by atoms with Gasteiger partial charge in [0.05, 0.1) is 17.7 Å². The summed E-state index contributed by atoms with van der Waals surface area (Å²) >= 11 is 0. The molecule has 0 bridgehead atoms. The van der Waals surface area contributed by atoms with Crippen molar-refractivity contribution < 1.29 is 17.6 Å². The maximum absolute atomic E-state index is 12.2. The molecule has 1 saturated carbocycles. The van der Waals surface area contributed by atoms with Gasteiger partial charge in [-0.3, -0.25) is 0 Å². The van der Waals surface area contributed by atoms with Crippen LogP contribution in [0.2, 0.25) is 0 Å². The fourth-order valence-corrected chi connectivity index (χ4v) is 3.24.